The average molecular weight is 298 g/mol. The summed E-state index contributed by atoms with van der Waals surface area (Å²) < 4.78 is 25.3. The second kappa shape index (κ2) is 4.83. The molecular formula is C13H18N2O4S. The molecule has 0 fully saturated rings. The van der Waals surface area contributed by atoms with Crippen molar-refractivity contribution < 1.29 is 18.0 Å². The fourth-order valence-electron chi connectivity index (χ4n) is 2.29. The third-order valence-corrected chi connectivity index (χ3v) is 5.17. The summed E-state index contributed by atoms with van der Waals surface area (Å²) in [6, 6.07) is 4.68. The van der Waals surface area contributed by atoms with Crippen LogP contribution in [-0.4, -0.2) is 33.0 Å². The van der Waals surface area contributed by atoms with Crippen molar-refractivity contribution in [2.24, 2.45) is 0 Å². The maximum atomic E-state index is 12.2. The lowest BCUT2D eigenvalue weighted by Crippen LogP contribution is -2.33. The molecule has 1 N–H and O–H groups in total. The molecule has 0 saturated carbocycles. The van der Waals surface area contributed by atoms with Gasteiger partial charge >= 0.3 is 0 Å². The fourth-order valence-corrected chi connectivity index (χ4v) is 3.29. The van der Waals surface area contributed by atoms with E-state index in [4.69, 9.17) is 4.84 Å². The van der Waals surface area contributed by atoms with Crippen LogP contribution in [-0.2, 0) is 25.1 Å². The zero-order valence-corrected chi connectivity index (χ0v) is 12.7. The average Bonchev–Trinajstić information content (AvgIpc) is 2.36. The highest BCUT2D eigenvalue weighted by molar-refractivity contribution is 7.89. The van der Waals surface area contributed by atoms with E-state index in [2.05, 4.69) is 5.32 Å². The number of benzene rings is 1. The third kappa shape index (κ3) is 2.44. The Morgan fingerprint density at radius 1 is 1.35 bits per heavy atom. The first-order chi connectivity index (χ1) is 9.18. The molecule has 1 amide bonds. The molecule has 0 aliphatic carbocycles. The van der Waals surface area contributed by atoms with E-state index >= 15 is 0 Å². The monoisotopic (exact) mass is 298 g/mol. The lowest BCUT2D eigenvalue weighted by Gasteiger charge is -2.32. The molecule has 6 nitrogen and oxygen atoms in total. The lowest BCUT2D eigenvalue weighted by molar-refractivity contribution is -0.117. The van der Waals surface area contributed by atoms with E-state index in [0.29, 0.717) is 12.1 Å². The molecule has 0 bridgehead atoms. The largest absolute Gasteiger partial charge is 0.326 e. The van der Waals surface area contributed by atoms with Crippen LogP contribution in [0.2, 0.25) is 0 Å². The Hall–Kier alpha value is -1.44. The quantitative estimate of drug-likeness (QED) is 0.858. The number of carbonyl (C=O) groups is 1. The maximum absolute atomic E-state index is 12.2. The van der Waals surface area contributed by atoms with Gasteiger partial charge in [-0.25, -0.2) is 8.42 Å². The van der Waals surface area contributed by atoms with Crippen molar-refractivity contribution in [3.05, 3.63) is 23.8 Å². The minimum Gasteiger partial charge on any atom is -0.326 e. The summed E-state index contributed by atoms with van der Waals surface area (Å²) in [4.78, 5) is 16.5. The molecule has 1 aliphatic rings. The van der Waals surface area contributed by atoms with Crippen molar-refractivity contribution >= 4 is 21.6 Å². The zero-order chi connectivity index (χ0) is 15.1. The number of sulfonamides is 1. The summed E-state index contributed by atoms with van der Waals surface area (Å²) in [7, 11) is -1.06. The van der Waals surface area contributed by atoms with Crippen LogP contribution in [0.5, 0.6) is 0 Å². The molecule has 1 heterocycles. The second-order valence-electron chi connectivity index (χ2n) is 5.41. The van der Waals surface area contributed by atoms with E-state index in [1.165, 1.54) is 20.2 Å². The van der Waals surface area contributed by atoms with Crippen molar-refractivity contribution in [2.75, 3.05) is 19.5 Å². The van der Waals surface area contributed by atoms with E-state index in [1.807, 2.05) is 13.8 Å². The van der Waals surface area contributed by atoms with Gasteiger partial charge in [0.25, 0.3) is 10.0 Å². The van der Waals surface area contributed by atoms with Gasteiger partial charge in [-0.1, -0.05) is 18.3 Å². The van der Waals surface area contributed by atoms with Gasteiger partial charge in [0, 0.05) is 24.6 Å². The van der Waals surface area contributed by atoms with E-state index in [9.17, 15) is 13.2 Å². The number of rotatable bonds is 3. The van der Waals surface area contributed by atoms with Crippen molar-refractivity contribution in [1.29, 1.82) is 0 Å². The standard InChI is InChI=1S/C13H18N2O4S/c1-13(2)8-12(16)14-11-6-5-9(7-10(11)13)20(17,18)15(3)19-4/h5-7H,8H2,1-4H3,(H,14,16). The van der Waals surface area contributed by atoms with Crippen LogP contribution in [0.1, 0.15) is 25.8 Å². The first kappa shape index (κ1) is 15.0. The van der Waals surface area contributed by atoms with Crippen LogP contribution in [0.4, 0.5) is 5.69 Å². The highest BCUT2D eigenvalue weighted by atomic mass is 32.2. The highest BCUT2D eigenvalue weighted by Gasteiger charge is 2.33. The normalized spacial score (nSPS) is 17.8. The fraction of sp³-hybridized carbons (Fsp3) is 0.462. The third-order valence-electron chi connectivity index (χ3n) is 3.49. The van der Waals surface area contributed by atoms with Gasteiger partial charge in [-0.15, -0.1) is 0 Å². The minimum absolute atomic E-state index is 0.0629. The van der Waals surface area contributed by atoms with E-state index in [-0.39, 0.29) is 10.8 Å². The summed E-state index contributed by atoms with van der Waals surface area (Å²) in [5.74, 6) is -0.0629. The van der Waals surface area contributed by atoms with Crippen molar-refractivity contribution in [1.82, 2.24) is 4.47 Å². The van der Waals surface area contributed by atoms with Gasteiger partial charge in [0.1, 0.15) is 0 Å². The van der Waals surface area contributed by atoms with Crippen molar-refractivity contribution in [3.63, 3.8) is 0 Å². The molecular weight excluding hydrogens is 280 g/mol. The van der Waals surface area contributed by atoms with Gasteiger partial charge in [0.15, 0.2) is 0 Å². The highest BCUT2D eigenvalue weighted by Crippen LogP contribution is 2.38. The lowest BCUT2D eigenvalue weighted by atomic mass is 9.78. The van der Waals surface area contributed by atoms with Crippen molar-refractivity contribution in [2.45, 2.75) is 30.6 Å². The van der Waals surface area contributed by atoms with Crippen molar-refractivity contribution in [3.8, 4) is 0 Å². The van der Waals surface area contributed by atoms with E-state index in [0.717, 1.165) is 10.0 Å². The van der Waals surface area contributed by atoms with Crippen LogP contribution < -0.4 is 5.32 Å². The molecule has 2 rings (SSSR count). The Kier molecular flexibility index (Phi) is 3.62. The number of fused-ring (bicyclic) bond motifs is 1. The molecule has 0 spiro atoms. The molecule has 1 aliphatic heterocycles. The smallest absolute Gasteiger partial charge is 0.264 e. The molecule has 0 aromatic heterocycles. The number of nitrogens with one attached hydrogen (secondary N) is 1. The van der Waals surface area contributed by atoms with Gasteiger partial charge in [-0.2, -0.15) is 0 Å². The Labute approximate surface area is 118 Å². The summed E-state index contributed by atoms with van der Waals surface area (Å²) in [6.45, 7) is 3.84. The SMILES string of the molecule is CON(C)S(=O)(=O)c1ccc2c(c1)C(C)(C)CC(=O)N2. The van der Waals surface area contributed by atoms with E-state index in [1.54, 1.807) is 12.1 Å². The minimum atomic E-state index is -3.69. The molecule has 1 aromatic carbocycles. The molecule has 0 unspecified atom stereocenters. The topological polar surface area (TPSA) is 75.7 Å². The molecule has 1 aromatic rings. The van der Waals surface area contributed by atoms with Crippen LogP contribution >= 0.6 is 0 Å². The molecule has 110 valence electrons. The first-order valence-corrected chi connectivity index (χ1v) is 7.60. The first-order valence-electron chi connectivity index (χ1n) is 6.16. The van der Waals surface area contributed by atoms with Gasteiger partial charge in [-0.3, -0.25) is 9.63 Å². The van der Waals surface area contributed by atoms with Crippen LogP contribution in [0.3, 0.4) is 0 Å². The maximum Gasteiger partial charge on any atom is 0.264 e. The second-order valence-corrected chi connectivity index (χ2v) is 7.35. The Bertz CT molecular complexity index is 652. The predicted octanol–water partition coefficient (Wildman–Crippen LogP) is 1.49. The number of hydroxylamine groups is 1. The van der Waals surface area contributed by atoms with Gasteiger partial charge in [0.2, 0.25) is 5.91 Å². The Morgan fingerprint density at radius 3 is 2.60 bits per heavy atom. The number of anilines is 1. The molecule has 0 atom stereocenters. The Morgan fingerprint density at radius 2 is 2.00 bits per heavy atom. The molecule has 20 heavy (non-hydrogen) atoms. The molecule has 0 saturated heterocycles. The van der Waals surface area contributed by atoms with Crippen LogP contribution in [0.15, 0.2) is 23.1 Å². The van der Waals surface area contributed by atoms with Crippen LogP contribution in [0, 0.1) is 0 Å². The molecule has 7 heteroatoms. The number of carbonyl (C=O) groups excluding carboxylic acids is 1. The number of nitrogens with zero attached hydrogens (tertiary/aromatic N) is 1. The number of hydrogen-bond donors (Lipinski definition) is 1. The number of hydrogen-bond acceptors (Lipinski definition) is 4. The number of amides is 1. The van der Waals surface area contributed by atoms with Gasteiger partial charge in [-0.05, 0) is 23.8 Å². The van der Waals surface area contributed by atoms with Gasteiger partial charge in [0.05, 0.1) is 12.0 Å². The summed E-state index contributed by atoms with van der Waals surface area (Å²) in [5, 5.41) is 2.76. The van der Waals surface area contributed by atoms with E-state index < -0.39 is 15.4 Å². The predicted molar refractivity (Wildman–Crippen MR) is 74.7 cm³/mol. The summed E-state index contributed by atoms with van der Waals surface area (Å²) >= 11 is 0. The Balaban J connectivity index is 2.55. The molecule has 0 radical (unpaired) electrons. The van der Waals surface area contributed by atoms with Crippen LogP contribution in [0.25, 0.3) is 0 Å². The summed E-state index contributed by atoms with van der Waals surface area (Å²) in [6.07, 6.45) is 0.323. The summed E-state index contributed by atoms with van der Waals surface area (Å²) in [5.41, 5.74) is 1.06. The zero-order valence-electron chi connectivity index (χ0n) is 11.9. The van der Waals surface area contributed by atoms with Gasteiger partial charge < -0.3 is 5.32 Å².